The normalized spacial score (nSPS) is 10.7. The van der Waals surface area contributed by atoms with E-state index < -0.39 is 0 Å². The maximum Gasteiger partial charge on any atom is 0.241 e. The van der Waals surface area contributed by atoms with Gasteiger partial charge in [-0.15, -0.1) is 0 Å². The summed E-state index contributed by atoms with van der Waals surface area (Å²) < 4.78 is 4.17. The van der Waals surface area contributed by atoms with Gasteiger partial charge in [0.25, 0.3) is 0 Å². The second kappa shape index (κ2) is 6.21. The molecule has 0 spiro atoms. The Labute approximate surface area is 123 Å². The number of nitrogens with one attached hydrogen (secondary N) is 1. The molecule has 0 fully saturated rings. The van der Waals surface area contributed by atoms with Crippen molar-refractivity contribution in [2.24, 2.45) is 0 Å². The van der Waals surface area contributed by atoms with E-state index in [0.29, 0.717) is 18.1 Å². The van der Waals surface area contributed by atoms with E-state index in [2.05, 4.69) is 31.4 Å². The number of aryl methyl sites for hydroxylation is 1. The number of hydrogen-bond acceptors (Lipinski definition) is 3. The zero-order valence-electron chi connectivity index (χ0n) is 10.3. The third-order valence-electron chi connectivity index (χ3n) is 2.46. The van der Waals surface area contributed by atoms with E-state index in [1.54, 1.807) is 28.0 Å². The molecule has 0 aliphatic heterocycles. The maximum absolute atomic E-state index is 11.7. The van der Waals surface area contributed by atoms with Gasteiger partial charge in [-0.3, -0.25) is 14.2 Å². The van der Waals surface area contributed by atoms with Gasteiger partial charge < -0.3 is 5.32 Å². The molecular weight excluding hydrogens is 334 g/mol. The Kier molecular flexibility index (Phi) is 4.60. The number of carbonyl (C=O) groups is 1. The summed E-state index contributed by atoms with van der Waals surface area (Å²) in [5, 5.41) is 11.6. The molecule has 19 heavy (non-hydrogen) atoms. The van der Waals surface area contributed by atoms with Gasteiger partial charge in [-0.25, -0.2) is 0 Å². The summed E-state index contributed by atoms with van der Waals surface area (Å²) >= 11 is 9.09. The highest BCUT2D eigenvalue weighted by atomic mass is 79.9. The van der Waals surface area contributed by atoms with Crippen molar-refractivity contribution in [3.63, 3.8) is 0 Å². The van der Waals surface area contributed by atoms with Crippen LogP contribution in [0.15, 0.2) is 23.1 Å². The topological polar surface area (TPSA) is 64.7 Å². The van der Waals surface area contributed by atoms with Crippen LogP contribution in [0.1, 0.15) is 5.69 Å². The Morgan fingerprint density at radius 3 is 2.84 bits per heavy atom. The van der Waals surface area contributed by atoms with Crippen molar-refractivity contribution in [2.45, 2.75) is 20.0 Å². The Morgan fingerprint density at radius 1 is 1.47 bits per heavy atom. The molecule has 2 rings (SSSR count). The van der Waals surface area contributed by atoms with E-state index in [4.69, 9.17) is 11.6 Å². The van der Waals surface area contributed by atoms with Gasteiger partial charge in [-0.05, 0) is 22.9 Å². The van der Waals surface area contributed by atoms with Gasteiger partial charge in [0, 0.05) is 18.9 Å². The SMILES string of the molecule is Cc1nn(CC(=O)NCCn2cc(Cl)cn2)cc1Br. The van der Waals surface area contributed by atoms with Crippen LogP contribution in [0.4, 0.5) is 0 Å². The molecule has 0 aliphatic carbocycles. The molecule has 6 nitrogen and oxygen atoms in total. The van der Waals surface area contributed by atoms with Crippen molar-refractivity contribution in [3.05, 3.63) is 33.8 Å². The fraction of sp³-hybridized carbons (Fsp3) is 0.364. The number of nitrogens with zero attached hydrogens (tertiary/aromatic N) is 4. The standard InChI is InChI=1S/C11H13BrClN5O/c1-8-10(12)6-18(16-8)7-11(19)14-2-3-17-5-9(13)4-15-17/h4-6H,2-3,7H2,1H3,(H,14,19). The van der Waals surface area contributed by atoms with Gasteiger partial charge in [0.05, 0.1) is 27.9 Å². The molecule has 0 saturated heterocycles. The number of rotatable bonds is 5. The Bertz CT molecular complexity index is 560. The highest BCUT2D eigenvalue weighted by Gasteiger charge is 2.06. The van der Waals surface area contributed by atoms with Gasteiger partial charge in [-0.2, -0.15) is 10.2 Å². The first-order chi connectivity index (χ1) is 9.04. The average molecular weight is 347 g/mol. The quantitative estimate of drug-likeness (QED) is 0.895. The monoisotopic (exact) mass is 345 g/mol. The minimum absolute atomic E-state index is 0.0896. The average Bonchev–Trinajstić information content (AvgIpc) is 2.86. The van der Waals surface area contributed by atoms with Crippen molar-refractivity contribution in [2.75, 3.05) is 6.54 Å². The third kappa shape index (κ3) is 4.07. The van der Waals surface area contributed by atoms with E-state index in [0.717, 1.165) is 10.2 Å². The largest absolute Gasteiger partial charge is 0.353 e. The van der Waals surface area contributed by atoms with E-state index in [-0.39, 0.29) is 12.5 Å². The molecule has 0 aromatic carbocycles. The van der Waals surface area contributed by atoms with Crippen LogP contribution in [0.2, 0.25) is 5.02 Å². The lowest BCUT2D eigenvalue weighted by Gasteiger charge is -2.05. The molecule has 1 amide bonds. The molecule has 0 aliphatic rings. The van der Waals surface area contributed by atoms with Crippen LogP contribution in [0, 0.1) is 6.92 Å². The fourth-order valence-corrected chi connectivity index (χ4v) is 2.02. The summed E-state index contributed by atoms with van der Waals surface area (Å²) in [6.45, 7) is 3.16. The van der Waals surface area contributed by atoms with Crippen LogP contribution in [-0.2, 0) is 17.9 Å². The fourth-order valence-electron chi connectivity index (χ4n) is 1.55. The summed E-state index contributed by atoms with van der Waals surface area (Å²) in [5.74, 6) is -0.0896. The van der Waals surface area contributed by atoms with Crippen LogP contribution in [0.25, 0.3) is 0 Å². The number of aromatic nitrogens is 4. The smallest absolute Gasteiger partial charge is 0.241 e. The van der Waals surface area contributed by atoms with Crippen molar-refractivity contribution in [1.29, 1.82) is 0 Å². The van der Waals surface area contributed by atoms with Crippen LogP contribution in [-0.4, -0.2) is 32.0 Å². The summed E-state index contributed by atoms with van der Waals surface area (Å²) in [5.41, 5.74) is 0.860. The van der Waals surface area contributed by atoms with Crippen LogP contribution >= 0.6 is 27.5 Å². The van der Waals surface area contributed by atoms with E-state index in [1.807, 2.05) is 6.92 Å². The Hall–Kier alpha value is -1.34. The van der Waals surface area contributed by atoms with Crippen molar-refractivity contribution >= 4 is 33.4 Å². The lowest BCUT2D eigenvalue weighted by molar-refractivity contribution is -0.121. The van der Waals surface area contributed by atoms with E-state index in [9.17, 15) is 4.79 Å². The number of hydrogen-bond donors (Lipinski definition) is 1. The van der Waals surface area contributed by atoms with Gasteiger partial charge >= 0.3 is 0 Å². The third-order valence-corrected chi connectivity index (χ3v) is 3.43. The highest BCUT2D eigenvalue weighted by molar-refractivity contribution is 9.10. The molecule has 8 heteroatoms. The lowest BCUT2D eigenvalue weighted by atomic mass is 10.5. The second-order valence-electron chi connectivity index (χ2n) is 4.03. The predicted molar refractivity (Wildman–Crippen MR) is 74.9 cm³/mol. The van der Waals surface area contributed by atoms with Gasteiger partial charge in [0.15, 0.2) is 0 Å². The molecule has 1 N–H and O–H groups in total. The van der Waals surface area contributed by atoms with Gasteiger partial charge in [0.2, 0.25) is 5.91 Å². The summed E-state index contributed by atoms with van der Waals surface area (Å²) in [4.78, 5) is 11.7. The first-order valence-corrected chi connectivity index (χ1v) is 6.86. The first-order valence-electron chi connectivity index (χ1n) is 5.69. The van der Waals surface area contributed by atoms with E-state index in [1.165, 1.54) is 0 Å². The zero-order chi connectivity index (χ0) is 13.8. The lowest BCUT2D eigenvalue weighted by Crippen LogP contribution is -2.30. The molecule has 2 aromatic heterocycles. The van der Waals surface area contributed by atoms with Crippen molar-refractivity contribution < 1.29 is 4.79 Å². The van der Waals surface area contributed by atoms with Gasteiger partial charge in [-0.1, -0.05) is 11.6 Å². The van der Waals surface area contributed by atoms with Gasteiger partial charge in [0.1, 0.15) is 6.54 Å². The Morgan fingerprint density at radius 2 is 2.26 bits per heavy atom. The van der Waals surface area contributed by atoms with Crippen molar-refractivity contribution in [1.82, 2.24) is 24.9 Å². The summed E-state index contributed by atoms with van der Waals surface area (Å²) in [6.07, 6.45) is 5.05. The van der Waals surface area contributed by atoms with Crippen LogP contribution in [0.3, 0.4) is 0 Å². The zero-order valence-corrected chi connectivity index (χ0v) is 12.6. The molecule has 102 valence electrons. The minimum atomic E-state index is -0.0896. The molecule has 0 bridgehead atoms. The first kappa shape index (κ1) is 14.1. The number of carbonyl (C=O) groups excluding carboxylic acids is 1. The van der Waals surface area contributed by atoms with E-state index >= 15 is 0 Å². The predicted octanol–water partition coefficient (Wildman–Crippen LogP) is 1.62. The van der Waals surface area contributed by atoms with Crippen molar-refractivity contribution in [3.8, 4) is 0 Å². The summed E-state index contributed by atoms with van der Waals surface area (Å²) in [7, 11) is 0. The molecule has 2 aromatic rings. The molecule has 0 saturated carbocycles. The maximum atomic E-state index is 11.7. The molecule has 0 radical (unpaired) electrons. The van der Waals surface area contributed by atoms with Crippen LogP contribution in [0.5, 0.6) is 0 Å². The second-order valence-corrected chi connectivity index (χ2v) is 5.32. The molecule has 2 heterocycles. The summed E-state index contributed by atoms with van der Waals surface area (Å²) in [6, 6.07) is 0. The number of amides is 1. The Balaban J connectivity index is 1.75. The minimum Gasteiger partial charge on any atom is -0.353 e. The number of halogens is 2. The molecule has 0 atom stereocenters. The highest BCUT2D eigenvalue weighted by Crippen LogP contribution is 2.12. The van der Waals surface area contributed by atoms with Crippen LogP contribution < -0.4 is 5.32 Å². The molecule has 0 unspecified atom stereocenters. The molecular formula is C11H13BrClN5O.